The molecular weight excluding hydrogens is 342 g/mol. The van der Waals surface area contributed by atoms with Crippen LogP contribution in [0.3, 0.4) is 0 Å². The number of anilines is 1. The third-order valence-corrected chi connectivity index (χ3v) is 5.05. The first kappa shape index (κ1) is 17.1. The highest BCUT2D eigenvalue weighted by Gasteiger charge is 2.37. The molecule has 0 radical (unpaired) electrons. The molecule has 2 aromatic rings. The van der Waals surface area contributed by atoms with Gasteiger partial charge in [0, 0.05) is 35.6 Å². The minimum Gasteiger partial charge on any atom is -0.454 e. The lowest BCUT2D eigenvalue weighted by molar-refractivity contribution is 0.0954. The van der Waals surface area contributed by atoms with E-state index in [0.29, 0.717) is 17.1 Å². The number of carbonyl (C=O) groups excluding carboxylic acids is 1. The summed E-state index contributed by atoms with van der Waals surface area (Å²) < 4.78 is 10.5. The number of allylic oxidation sites excluding steroid dienone is 2. The van der Waals surface area contributed by atoms with Crippen molar-refractivity contribution >= 4 is 17.8 Å². The van der Waals surface area contributed by atoms with Crippen molar-refractivity contribution in [3.8, 4) is 11.5 Å². The molecule has 27 heavy (non-hydrogen) atoms. The molecule has 0 bridgehead atoms. The number of likely N-dealkylation sites (N-methyl/N-ethyl adjacent to an activating group) is 1. The molecule has 0 saturated heterocycles. The van der Waals surface area contributed by atoms with Crippen molar-refractivity contribution in [2.75, 3.05) is 18.7 Å². The van der Waals surface area contributed by atoms with Gasteiger partial charge < -0.3 is 14.4 Å². The lowest BCUT2D eigenvalue weighted by Gasteiger charge is -2.23. The summed E-state index contributed by atoms with van der Waals surface area (Å²) in [5, 5.41) is 4.07. The van der Waals surface area contributed by atoms with Crippen LogP contribution in [0.5, 0.6) is 11.5 Å². The first-order valence-corrected chi connectivity index (χ1v) is 8.75. The van der Waals surface area contributed by atoms with Crippen LogP contribution in [-0.4, -0.2) is 26.0 Å². The monoisotopic (exact) mass is 363 g/mol. The van der Waals surface area contributed by atoms with E-state index in [9.17, 15) is 4.79 Å². The van der Waals surface area contributed by atoms with Crippen LogP contribution in [0.15, 0.2) is 59.3 Å². The molecule has 138 valence electrons. The molecule has 0 aliphatic carbocycles. The molecular formula is C21H21N3O3. The predicted molar refractivity (Wildman–Crippen MR) is 104 cm³/mol. The molecule has 2 aliphatic heterocycles. The van der Waals surface area contributed by atoms with Crippen LogP contribution < -0.4 is 19.8 Å². The summed E-state index contributed by atoms with van der Waals surface area (Å²) in [6.45, 7) is 4.54. The van der Waals surface area contributed by atoms with E-state index < -0.39 is 0 Å². The number of hydrogen-bond acceptors (Lipinski definition) is 5. The number of hydrogen-bond donors (Lipinski definition) is 1. The maximum atomic E-state index is 12.3. The van der Waals surface area contributed by atoms with Crippen molar-refractivity contribution in [3.63, 3.8) is 0 Å². The molecule has 2 heterocycles. The van der Waals surface area contributed by atoms with Crippen LogP contribution in [0.25, 0.3) is 0 Å². The fourth-order valence-corrected chi connectivity index (χ4v) is 3.61. The first-order valence-electron chi connectivity index (χ1n) is 8.75. The van der Waals surface area contributed by atoms with Gasteiger partial charge in [0.2, 0.25) is 6.79 Å². The molecule has 0 unspecified atom stereocenters. The van der Waals surface area contributed by atoms with Crippen LogP contribution in [0.1, 0.15) is 29.8 Å². The number of para-hydroxylation sites is 1. The van der Waals surface area contributed by atoms with Gasteiger partial charge in [0.25, 0.3) is 5.91 Å². The third kappa shape index (κ3) is 2.93. The third-order valence-electron chi connectivity index (χ3n) is 5.05. The largest absolute Gasteiger partial charge is 0.454 e. The molecule has 4 rings (SSSR count). The van der Waals surface area contributed by atoms with E-state index >= 15 is 0 Å². The van der Waals surface area contributed by atoms with Crippen molar-refractivity contribution in [1.82, 2.24) is 5.43 Å². The van der Waals surface area contributed by atoms with Gasteiger partial charge in [-0.05, 0) is 35.9 Å². The number of hydrazone groups is 1. The second-order valence-electron chi connectivity index (χ2n) is 7.04. The summed E-state index contributed by atoms with van der Waals surface area (Å²) in [5.74, 6) is 0.914. The van der Waals surface area contributed by atoms with Gasteiger partial charge in [0.15, 0.2) is 11.5 Å². The lowest BCUT2D eigenvalue weighted by atomic mass is 9.84. The first-order chi connectivity index (χ1) is 13.0. The van der Waals surface area contributed by atoms with E-state index in [-0.39, 0.29) is 18.1 Å². The van der Waals surface area contributed by atoms with Crippen molar-refractivity contribution in [3.05, 3.63) is 65.4 Å². The Bertz CT molecular complexity index is 963. The molecule has 0 spiro atoms. The zero-order valence-electron chi connectivity index (χ0n) is 15.5. The number of benzene rings is 2. The van der Waals surface area contributed by atoms with Gasteiger partial charge >= 0.3 is 0 Å². The van der Waals surface area contributed by atoms with Crippen molar-refractivity contribution in [1.29, 1.82) is 0 Å². The second kappa shape index (κ2) is 6.46. The molecule has 2 aliphatic rings. The van der Waals surface area contributed by atoms with Gasteiger partial charge in [-0.25, -0.2) is 5.43 Å². The molecule has 0 atom stereocenters. The molecule has 6 heteroatoms. The van der Waals surface area contributed by atoms with Crippen LogP contribution in [-0.2, 0) is 5.41 Å². The van der Waals surface area contributed by atoms with E-state index in [0.717, 1.165) is 5.70 Å². The van der Waals surface area contributed by atoms with Gasteiger partial charge in [-0.2, -0.15) is 5.10 Å². The van der Waals surface area contributed by atoms with Crippen LogP contribution in [0, 0.1) is 0 Å². The predicted octanol–water partition coefficient (Wildman–Crippen LogP) is 3.44. The number of carbonyl (C=O) groups is 1. The average Bonchev–Trinajstić information content (AvgIpc) is 3.21. The number of nitrogens with zero attached hydrogens (tertiary/aromatic N) is 2. The highest BCUT2D eigenvalue weighted by molar-refractivity contribution is 5.95. The number of nitrogens with one attached hydrogen (secondary N) is 1. The van der Waals surface area contributed by atoms with Crippen LogP contribution >= 0.6 is 0 Å². The molecule has 0 fully saturated rings. The number of amides is 1. The minimum atomic E-state index is -0.301. The molecule has 2 aromatic carbocycles. The number of fused-ring (bicyclic) bond motifs is 2. The van der Waals surface area contributed by atoms with Gasteiger partial charge in [-0.15, -0.1) is 0 Å². The maximum Gasteiger partial charge on any atom is 0.271 e. The van der Waals surface area contributed by atoms with Gasteiger partial charge in [-0.3, -0.25) is 4.79 Å². The second-order valence-corrected chi connectivity index (χ2v) is 7.04. The molecule has 1 amide bonds. The van der Waals surface area contributed by atoms with E-state index in [1.165, 1.54) is 11.3 Å². The Morgan fingerprint density at radius 3 is 2.78 bits per heavy atom. The Balaban J connectivity index is 1.47. The Hall–Kier alpha value is -3.28. The van der Waals surface area contributed by atoms with Gasteiger partial charge in [-0.1, -0.05) is 32.0 Å². The van der Waals surface area contributed by atoms with Crippen molar-refractivity contribution in [2.45, 2.75) is 19.3 Å². The van der Waals surface area contributed by atoms with Crippen LogP contribution in [0.2, 0.25) is 0 Å². The Morgan fingerprint density at radius 1 is 1.19 bits per heavy atom. The summed E-state index contributed by atoms with van der Waals surface area (Å²) in [6, 6.07) is 13.4. The van der Waals surface area contributed by atoms with E-state index in [1.807, 2.05) is 19.2 Å². The van der Waals surface area contributed by atoms with Crippen molar-refractivity contribution in [2.24, 2.45) is 5.10 Å². The summed E-state index contributed by atoms with van der Waals surface area (Å²) >= 11 is 0. The Labute approximate surface area is 158 Å². The average molecular weight is 363 g/mol. The topological polar surface area (TPSA) is 63.2 Å². The zero-order chi connectivity index (χ0) is 19.0. The molecule has 6 nitrogen and oxygen atoms in total. The number of ether oxygens (including phenoxy) is 2. The lowest BCUT2D eigenvalue weighted by Crippen LogP contribution is -2.23. The van der Waals surface area contributed by atoms with Gasteiger partial charge in [0.05, 0.1) is 0 Å². The minimum absolute atomic E-state index is 0.126. The fraction of sp³-hybridized carbons (Fsp3) is 0.238. The Kier molecular flexibility index (Phi) is 4.11. The van der Waals surface area contributed by atoms with Crippen LogP contribution in [0.4, 0.5) is 5.69 Å². The SMILES string of the molecule is CN1/C(=C/C=N\NC(=O)c2ccc3c(c2)OCO3)C(C)(C)c2ccccc21. The van der Waals surface area contributed by atoms with Crippen molar-refractivity contribution < 1.29 is 14.3 Å². The summed E-state index contributed by atoms with van der Waals surface area (Å²) in [4.78, 5) is 14.4. The van der Waals surface area contributed by atoms with E-state index in [2.05, 4.69) is 47.5 Å². The fourth-order valence-electron chi connectivity index (χ4n) is 3.61. The molecule has 1 N–H and O–H groups in total. The highest BCUT2D eigenvalue weighted by Crippen LogP contribution is 2.46. The quantitative estimate of drug-likeness (QED) is 0.670. The summed E-state index contributed by atoms with van der Waals surface area (Å²) in [5.41, 5.74) is 6.47. The number of rotatable bonds is 3. The summed E-state index contributed by atoms with van der Waals surface area (Å²) in [6.07, 6.45) is 3.55. The normalized spacial score (nSPS) is 18.2. The Morgan fingerprint density at radius 2 is 1.96 bits per heavy atom. The van der Waals surface area contributed by atoms with E-state index in [1.54, 1.807) is 24.4 Å². The molecule has 0 aromatic heterocycles. The molecule has 0 saturated carbocycles. The smallest absolute Gasteiger partial charge is 0.271 e. The zero-order valence-corrected chi connectivity index (χ0v) is 15.5. The maximum absolute atomic E-state index is 12.3. The highest BCUT2D eigenvalue weighted by atomic mass is 16.7. The van der Waals surface area contributed by atoms with E-state index in [4.69, 9.17) is 9.47 Å². The summed E-state index contributed by atoms with van der Waals surface area (Å²) in [7, 11) is 2.04. The van der Waals surface area contributed by atoms with Gasteiger partial charge in [0.1, 0.15) is 0 Å². The standard InChI is InChI=1S/C21H21N3O3/c1-21(2)15-6-4-5-7-16(15)24(3)19(21)10-11-22-23-20(25)14-8-9-17-18(12-14)27-13-26-17/h4-12H,13H2,1-3H3,(H,23,25)/b19-10+,22-11-.